The monoisotopic (exact) mass is 411 g/mol. The molecule has 0 aliphatic heterocycles. The van der Waals surface area contributed by atoms with Crippen LogP contribution in [-0.4, -0.2) is 5.91 Å². The number of carbonyl (C=O) groups is 1. The molecule has 0 saturated heterocycles. The number of rotatable bonds is 3. The zero-order valence-corrected chi connectivity index (χ0v) is 15.3. The molecule has 1 saturated carbocycles. The van der Waals surface area contributed by atoms with Crippen LogP contribution in [0.4, 0.5) is 18.9 Å². The van der Waals surface area contributed by atoms with Crippen LogP contribution in [0.2, 0.25) is 0 Å². The second-order valence-corrected chi connectivity index (χ2v) is 7.39. The van der Waals surface area contributed by atoms with Gasteiger partial charge in [0.25, 0.3) is 0 Å². The molecule has 0 heterocycles. The van der Waals surface area contributed by atoms with E-state index in [0.29, 0.717) is 6.42 Å². The summed E-state index contributed by atoms with van der Waals surface area (Å²) in [5.41, 5.74) is 2.83. The van der Waals surface area contributed by atoms with Crippen LogP contribution in [0, 0.1) is 19.8 Å². The van der Waals surface area contributed by atoms with Crippen molar-refractivity contribution in [2.24, 2.45) is 5.92 Å². The molecule has 132 valence electrons. The van der Waals surface area contributed by atoms with Crippen LogP contribution in [0.5, 0.6) is 0 Å². The van der Waals surface area contributed by atoms with E-state index in [4.69, 9.17) is 0 Å². The lowest BCUT2D eigenvalue weighted by molar-refractivity contribution is -0.137. The van der Waals surface area contributed by atoms with Gasteiger partial charge in [0.2, 0.25) is 5.91 Å². The van der Waals surface area contributed by atoms with Crippen molar-refractivity contribution in [2.75, 3.05) is 5.32 Å². The van der Waals surface area contributed by atoms with Gasteiger partial charge >= 0.3 is 6.18 Å². The topological polar surface area (TPSA) is 29.1 Å². The van der Waals surface area contributed by atoms with Crippen LogP contribution in [0.15, 0.2) is 40.9 Å². The predicted molar refractivity (Wildman–Crippen MR) is 94.5 cm³/mol. The molecule has 1 aliphatic carbocycles. The van der Waals surface area contributed by atoms with Gasteiger partial charge < -0.3 is 5.32 Å². The van der Waals surface area contributed by atoms with Crippen molar-refractivity contribution in [2.45, 2.75) is 32.4 Å². The smallest absolute Gasteiger partial charge is 0.325 e. The lowest BCUT2D eigenvalue weighted by atomic mass is 10.1. The first-order chi connectivity index (χ1) is 11.7. The van der Waals surface area contributed by atoms with Gasteiger partial charge in [-0.2, -0.15) is 13.2 Å². The molecular formula is C19H17BrF3NO. The van der Waals surface area contributed by atoms with Gasteiger partial charge in [-0.05, 0) is 67.1 Å². The van der Waals surface area contributed by atoms with Crippen molar-refractivity contribution in [3.8, 4) is 0 Å². The van der Waals surface area contributed by atoms with E-state index in [-0.39, 0.29) is 17.7 Å². The third kappa shape index (κ3) is 3.89. The summed E-state index contributed by atoms with van der Waals surface area (Å²) in [6.45, 7) is 3.85. The highest BCUT2D eigenvalue weighted by Crippen LogP contribution is 2.48. The molecule has 2 nitrogen and oxygen atoms in total. The Kier molecular flexibility index (Phi) is 4.66. The molecule has 1 aliphatic rings. The van der Waals surface area contributed by atoms with Gasteiger partial charge in [0.15, 0.2) is 0 Å². The molecule has 0 aromatic heterocycles. The minimum Gasteiger partial charge on any atom is -0.325 e. The SMILES string of the molecule is Cc1cc(Br)cc(C)c1NC(=O)C1CC1c1ccc(C(F)(F)F)cc1. The maximum absolute atomic E-state index is 12.6. The minimum absolute atomic E-state index is 0.0154. The summed E-state index contributed by atoms with van der Waals surface area (Å²) in [5, 5.41) is 2.96. The Bertz CT molecular complexity index is 791. The third-order valence-electron chi connectivity index (χ3n) is 4.54. The second kappa shape index (κ2) is 6.48. The molecule has 1 N–H and O–H groups in total. The summed E-state index contributed by atoms with van der Waals surface area (Å²) in [6, 6.07) is 8.96. The molecular weight excluding hydrogens is 395 g/mol. The van der Waals surface area contributed by atoms with Crippen LogP contribution >= 0.6 is 15.9 Å². The second-order valence-electron chi connectivity index (χ2n) is 6.47. The van der Waals surface area contributed by atoms with E-state index < -0.39 is 11.7 Å². The predicted octanol–water partition coefficient (Wildman–Crippen LogP) is 5.83. The molecule has 1 fully saturated rings. The number of nitrogens with one attached hydrogen (secondary N) is 1. The highest BCUT2D eigenvalue weighted by atomic mass is 79.9. The number of benzene rings is 2. The first-order valence-electron chi connectivity index (χ1n) is 7.91. The van der Waals surface area contributed by atoms with Crippen molar-refractivity contribution in [3.05, 3.63) is 63.1 Å². The lowest BCUT2D eigenvalue weighted by Crippen LogP contribution is -2.16. The Labute approximate surface area is 152 Å². The molecule has 2 unspecified atom stereocenters. The minimum atomic E-state index is -4.34. The van der Waals surface area contributed by atoms with E-state index >= 15 is 0 Å². The average molecular weight is 412 g/mol. The van der Waals surface area contributed by atoms with Crippen molar-refractivity contribution in [1.29, 1.82) is 0 Å². The number of hydrogen-bond donors (Lipinski definition) is 1. The van der Waals surface area contributed by atoms with Crippen LogP contribution in [0.3, 0.4) is 0 Å². The van der Waals surface area contributed by atoms with Gasteiger partial charge in [-0.3, -0.25) is 4.79 Å². The van der Waals surface area contributed by atoms with E-state index in [1.807, 2.05) is 26.0 Å². The molecule has 2 aromatic carbocycles. The Balaban J connectivity index is 1.69. The van der Waals surface area contributed by atoms with Gasteiger partial charge in [-0.25, -0.2) is 0 Å². The van der Waals surface area contributed by atoms with Gasteiger partial charge in [-0.1, -0.05) is 28.1 Å². The fourth-order valence-corrected chi connectivity index (χ4v) is 3.78. The quantitative estimate of drug-likeness (QED) is 0.676. The van der Waals surface area contributed by atoms with Crippen LogP contribution in [-0.2, 0) is 11.0 Å². The molecule has 1 amide bonds. The highest BCUT2D eigenvalue weighted by molar-refractivity contribution is 9.10. The summed E-state index contributed by atoms with van der Waals surface area (Å²) in [4.78, 5) is 12.5. The number of aryl methyl sites for hydroxylation is 2. The molecule has 0 spiro atoms. The number of alkyl halides is 3. The fourth-order valence-electron chi connectivity index (χ4n) is 3.10. The third-order valence-corrected chi connectivity index (χ3v) is 5.00. The summed E-state index contributed by atoms with van der Waals surface area (Å²) in [5.74, 6) is -0.295. The number of amides is 1. The van der Waals surface area contributed by atoms with Crippen molar-refractivity contribution < 1.29 is 18.0 Å². The van der Waals surface area contributed by atoms with E-state index in [2.05, 4.69) is 21.2 Å². The highest BCUT2D eigenvalue weighted by Gasteiger charge is 2.44. The Morgan fingerprint density at radius 1 is 1.12 bits per heavy atom. The number of anilines is 1. The zero-order chi connectivity index (χ0) is 18.4. The summed E-state index contributed by atoms with van der Waals surface area (Å²) >= 11 is 3.42. The average Bonchev–Trinajstić information content (AvgIpc) is 3.30. The van der Waals surface area contributed by atoms with Gasteiger partial charge in [0.05, 0.1) is 5.56 Å². The van der Waals surface area contributed by atoms with Crippen molar-refractivity contribution >= 4 is 27.5 Å². The molecule has 0 bridgehead atoms. The Morgan fingerprint density at radius 2 is 1.68 bits per heavy atom. The number of carbonyl (C=O) groups excluding carboxylic acids is 1. The van der Waals surface area contributed by atoms with E-state index in [1.54, 1.807) is 0 Å². The molecule has 6 heteroatoms. The van der Waals surface area contributed by atoms with E-state index in [0.717, 1.165) is 39.0 Å². The summed E-state index contributed by atoms with van der Waals surface area (Å²) in [7, 11) is 0. The van der Waals surface area contributed by atoms with E-state index in [9.17, 15) is 18.0 Å². The Hall–Kier alpha value is -1.82. The Morgan fingerprint density at radius 3 is 2.20 bits per heavy atom. The van der Waals surface area contributed by atoms with Crippen LogP contribution < -0.4 is 5.32 Å². The summed E-state index contributed by atoms with van der Waals surface area (Å²) in [6.07, 6.45) is -3.68. The normalized spacial score (nSPS) is 19.6. The maximum atomic E-state index is 12.6. The standard InChI is InChI=1S/C19H17BrF3NO/c1-10-7-14(20)8-11(2)17(10)24-18(25)16-9-15(16)12-3-5-13(6-4-12)19(21,22)23/h3-8,15-16H,9H2,1-2H3,(H,24,25). The first-order valence-corrected chi connectivity index (χ1v) is 8.71. The van der Waals surface area contributed by atoms with Crippen LogP contribution in [0.1, 0.15) is 34.6 Å². The molecule has 0 radical (unpaired) electrons. The molecule has 25 heavy (non-hydrogen) atoms. The number of hydrogen-bond acceptors (Lipinski definition) is 1. The molecule has 3 rings (SSSR count). The van der Waals surface area contributed by atoms with Gasteiger partial charge in [-0.15, -0.1) is 0 Å². The van der Waals surface area contributed by atoms with Crippen LogP contribution in [0.25, 0.3) is 0 Å². The maximum Gasteiger partial charge on any atom is 0.416 e. The number of halogens is 4. The first kappa shape index (κ1) is 18.0. The van der Waals surface area contributed by atoms with Gasteiger partial charge in [0, 0.05) is 16.1 Å². The molecule has 2 atom stereocenters. The van der Waals surface area contributed by atoms with E-state index in [1.165, 1.54) is 12.1 Å². The van der Waals surface area contributed by atoms with Crippen molar-refractivity contribution in [1.82, 2.24) is 0 Å². The largest absolute Gasteiger partial charge is 0.416 e. The fraction of sp³-hybridized carbons (Fsp3) is 0.316. The lowest BCUT2D eigenvalue weighted by Gasteiger charge is -2.12. The summed E-state index contributed by atoms with van der Waals surface area (Å²) < 4.78 is 38.8. The zero-order valence-electron chi connectivity index (χ0n) is 13.7. The van der Waals surface area contributed by atoms with Crippen molar-refractivity contribution in [3.63, 3.8) is 0 Å². The van der Waals surface area contributed by atoms with Gasteiger partial charge in [0.1, 0.15) is 0 Å². The molecule has 2 aromatic rings.